The Morgan fingerprint density at radius 3 is 1.23 bits per heavy atom. The Bertz CT molecular complexity index is 2210. The van der Waals surface area contributed by atoms with Crippen LogP contribution in [-0.4, -0.2) is 9.97 Å². The average molecular weight is 587 g/mol. The summed E-state index contributed by atoms with van der Waals surface area (Å²) in [6, 6.07) is 46.9. The highest BCUT2D eigenvalue weighted by molar-refractivity contribution is 7.22. The zero-order chi connectivity index (χ0) is 28.3. The fraction of sp³-hybridized carbons (Fsp3) is 0. The third kappa shape index (κ3) is 4.24. The highest BCUT2D eigenvalue weighted by Gasteiger charge is 2.12. The van der Waals surface area contributed by atoms with Crippen LogP contribution < -0.4 is 0 Å². The van der Waals surface area contributed by atoms with Crippen molar-refractivity contribution in [3.63, 3.8) is 0 Å². The van der Waals surface area contributed by atoms with Crippen molar-refractivity contribution < 1.29 is 4.42 Å². The minimum atomic E-state index is 0.896. The smallest absolute Gasteiger partial charge is 0.135 e. The second-order valence-electron chi connectivity index (χ2n) is 10.7. The number of thiazole rings is 2. The van der Waals surface area contributed by atoms with E-state index in [0.717, 1.165) is 65.2 Å². The van der Waals surface area contributed by atoms with Gasteiger partial charge >= 0.3 is 0 Å². The fourth-order valence-electron chi connectivity index (χ4n) is 5.74. The topological polar surface area (TPSA) is 38.9 Å². The van der Waals surface area contributed by atoms with Crippen molar-refractivity contribution in [2.45, 2.75) is 0 Å². The molecule has 5 heteroatoms. The highest BCUT2D eigenvalue weighted by Crippen LogP contribution is 2.37. The minimum Gasteiger partial charge on any atom is -0.456 e. The first-order chi connectivity index (χ1) is 21.2. The van der Waals surface area contributed by atoms with Crippen LogP contribution >= 0.6 is 22.7 Å². The molecule has 0 fully saturated rings. The Morgan fingerprint density at radius 2 is 0.791 bits per heavy atom. The van der Waals surface area contributed by atoms with E-state index in [1.54, 1.807) is 22.7 Å². The van der Waals surface area contributed by atoms with Crippen LogP contribution in [0.15, 0.2) is 138 Å². The molecule has 0 spiro atoms. The van der Waals surface area contributed by atoms with Gasteiger partial charge in [-0.3, -0.25) is 0 Å². The predicted molar refractivity (Wildman–Crippen MR) is 182 cm³/mol. The van der Waals surface area contributed by atoms with E-state index >= 15 is 0 Å². The lowest BCUT2D eigenvalue weighted by Gasteiger charge is -2.05. The summed E-state index contributed by atoms with van der Waals surface area (Å²) in [6.07, 6.45) is 0. The van der Waals surface area contributed by atoms with Crippen LogP contribution in [0.1, 0.15) is 0 Å². The van der Waals surface area contributed by atoms with Gasteiger partial charge in [0.15, 0.2) is 0 Å². The lowest BCUT2D eigenvalue weighted by molar-refractivity contribution is 0.669. The molecule has 0 unspecified atom stereocenters. The molecule has 3 aromatic heterocycles. The monoisotopic (exact) mass is 586 g/mol. The van der Waals surface area contributed by atoms with Gasteiger partial charge in [0.1, 0.15) is 21.2 Å². The summed E-state index contributed by atoms with van der Waals surface area (Å²) in [6.45, 7) is 0. The molecule has 0 aliphatic rings. The SMILES string of the molecule is c1ccc2sc(-c3ccc(-c4ccc5oc6ccc(-c7ccc(-c8nc9ccccc9s8)cc7)cc6c5c4)cc3)nc2c1. The standard InChI is InChI=1S/C38H22N2OS2/c1-3-7-35-31(5-1)39-37(42-35)25-13-9-23(10-14-25)27-17-19-33-29(21-27)30-22-28(18-20-34(30)41-33)24-11-15-26(16-12-24)38-40-32-6-2-4-8-36(32)43-38/h1-22H. The molecule has 0 radical (unpaired) electrons. The summed E-state index contributed by atoms with van der Waals surface area (Å²) in [7, 11) is 0. The zero-order valence-corrected chi connectivity index (χ0v) is 24.5. The molecule has 0 saturated carbocycles. The number of fused-ring (bicyclic) bond motifs is 5. The van der Waals surface area contributed by atoms with Crippen LogP contribution in [0.2, 0.25) is 0 Å². The molecule has 3 heterocycles. The number of para-hydroxylation sites is 2. The normalized spacial score (nSPS) is 11.7. The Hall–Kier alpha value is -5.10. The van der Waals surface area contributed by atoms with Crippen molar-refractivity contribution in [3.05, 3.63) is 133 Å². The van der Waals surface area contributed by atoms with Crippen molar-refractivity contribution in [2.24, 2.45) is 0 Å². The first kappa shape index (κ1) is 24.5. The molecule has 0 amide bonds. The van der Waals surface area contributed by atoms with Crippen LogP contribution in [0.25, 0.3) is 85.8 Å². The molecule has 0 aliphatic heterocycles. The van der Waals surface area contributed by atoms with Gasteiger partial charge in [0.2, 0.25) is 0 Å². The molecule has 3 nitrogen and oxygen atoms in total. The van der Waals surface area contributed by atoms with E-state index in [4.69, 9.17) is 14.4 Å². The summed E-state index contributed by atoms with van der Waals surface area (Å²) in [5, 5.41) is 4.33. The molecule has 9 aromatic rings. The van der Waals surface area contributed by atoms with Gasteiger partial charge in [-0.25, -0.2) is 9.97 Å². The lowest BCUT2D eigenvalue weighted by Crippen LogP contribution is -1.81. The second-order valence-corrected chi connectivity index (χ2v) is 12.7. The van der Waals surface area contributed by atoms with E-state index in [-0.39, 0.29) is 0 Å². The van der Waals surface area contributed by atoms with Crippen molar-refractivity contribution in [1.82, 2.24) is 9.97 Å². The molecule has 6 aromatic carbocycles. The number of aromatic nitrogens is 2. The summed E-state index contributed by atoms with van der Waals surface area (Å²) < 4.78 is 8.65. The van der Waals surface area contributed by atoms with Gasteiger partial charge in [-0.05, 0) is 70.8 Å². The molecule has 202 valence electrons. The fourth-order valence-corrected chi connectivity index (χ4v) is 7.68. The predicted octanol–water partition coefficient (Wildman–Crippen LogP) is 11.5. The number of hydrogen-bond acceptors (Lipinski definition) is 5. The molecule has 43 heavy (non-hydrogen) atoms. The number of nitrogens with zero attached hydrogens (tertiary/aromatic N) is 2. The summed E-state index contributed by atoms with van der Waals surface area (Å²) in [5.41, 5.74) is 10.8. The molecular formula is C38H22N2OS2. The van der Waals surface area contributed by atoms with Crippen LogP contribution in [0.3, 0.4) is 0 Å². The molecule has 0 atom stereocenters. The minimum absolute atomic E-state index is 0.896. The summed E-state index contributed by atoms with van der Waals surface area (Å²) in [5.74, 6) is 0. The Morgan fingerprint density at radius 1 is 0.395 bits per heavy atom. The number of furan rings is 1. The van der Waals surface area contributed by atoms with E-state index in [2.05, 4.69) is 121 Å². The highest BCUT2D eigenvalue weighted by atomic mass is 32.1. The van der Waals surface area contributed by atoms with Crippen molar-refractivity contribution in [2.75, 3.05) is 0 Å². The van der Waals surface area contributed by atoms with Gasteiger partial charge in [-0.15, -0.1) is 22.7 Å². The molecular weight excluding hydrogens is 565 g/mol. The van der Waals surface area contributed by atoms with E-state index in [1.165, 1.54) is 20.5 Å². The van der Waals surface area contributed by atoms with Crippen LogP contribution in [0.5, 0.6) is 0 Å². The summed E-state index contributed by atoms with van der Waals surface area (Å²) >= 11 is 3.46. The van der Waals surface area contributed by atoms with Crippen LogP contribution in [-0.2, 0) is 0 Å². The first-order valence-corrected chi connectivity index (χ1v) is 15.8. The Balaban J connectivity index is 1.04. The van der Waals surface area contributed by atoms with Gasteiger partial charge < -0.3 is 4.42 Å². The van der Waals surface area contributed by atoms with Gasteiger partial charge in [-0.2, -0.15) is 0 Å². The largest absolute Gasteiger partial charge is 0.456 e. The quantitative estimate of drug-likeness (QED) is 0.206. The van der Waals surface area contributed by atoms with Crippen molar-refractivity contribution >= 4 is 65.0 Å². The Kier molecular flexibility index (Phi) is 5.54. The van der Waals surface area contributed by atoms with Gasteiger partial charge in [0.25, 0.3) is 0 Å². The third-order valence-electron chi connectivity index (χ3n) is 7.99. The average Bonchev–Trinajstić information content (AvgIpc) is 3.79. The van der Waals surface area contributed by atoms with E-state index in [1.807, 2.05) is 12.1 Å². The van der Waals surface area contributed by atoms with Crippen LogP contribution in [0.4, 0.5) is 0 Å². The molecule has 0 bridgehead atoms. The van der Waals surface area contributed by atoms with E-state index < -0.39 is 0 Å². The number of hydrogen-bond donors (Lipinski definition) is 0. The van der Waals surface area contributed by atoms with Gasteiger partial charge in [0.05, 0.1) is 20.4 Å². The lowest BCUT2D eigenvalue weighted by atomic mass is 9.99. The van der Waals surface area contributed by atoms with Crippen LogP contribution in [0, 0.1) is 0 Å². The van der Waals surface area contributed by atoms with E-state index in [9.17, 15) is 0 Å². The number of benzene rings is 6. The third-order valence-corrected chi connectivity index (χ3v) is 10.2. The van der Waals surface area contributed by atoms with Gasteiger partial charge in [-0.1, -0.05) is 84.9 Å². The van der Waals surface area contributed by atoms with Crippen molar-refractivity contribution in [3.8, 4) is 43.4 Å². The molecule has 9 rings (SSSR count). The molecule has 0 saturated heterocycles. The summed E-state index contributed by atoms with van der Waals surface area (Å²) in [4.78, 5) is 9.64. The van der Waals surface area contributed by atoms with Gasteiger partial charge in [0, 0.05) is 21.9 Å². The van der Waals surface area contributed by atoms with Crippen molar-refractivity contribution in [1.29, 1.82) is 0 Å². The molecule has 0 N–H and O–H groups in total. The zero-order valence-electron chi connectivity index (χ0n) is 22.8. The maximum atomic E-state index is 6.23. The maximum absolute atomic E-state index is 6.23. The first-order valence-electron chi connectivity index (χ1n) is 14.1. The second kappa shape index (κ2) is 9.73. The number of rotatable bonds is 4. The Labute approximate surface area is 255 Å². The molecule has 0 aliphatic carbocycles. The maximum Gasteiger partial charge on any atom is 0.135 e. The van der Waals surface area contributed by atoms with E-state index in [0.29, 0.717) is 0 Å².